The molecule has 0 amide bonds. The fourth-order valence-corrected chi connectivity index (χ4v) is 3.95. The highest BCUT2D eigenvalue weighted by atomic mass is 32.2. The molecule has 0 aromatic heterocycles. The number of rotatable bonds is 4. The van der Waals surface area contributed by atoms with Crippen LogP contribution in [0.1, 0.15) is 35.3 Å². The van der Waals surface area contributed by atoms with Crippen molar-refractivity contribution >= 4 is 21.3 Å². The first-order chi connectivity index (χ1) is 12.6. The number of hydrogen-bond donors (Lipinski definition) is 1. The van der Waals surface area contributed by atoms with Gasteiger partial charge in [-0.25, -0.2) is 8.42 Å². The molecule has 1 aliphatic rings. The van der Waals surface area contributed by atoms with Crippen molar-refractivity contribution in [3.8, 4) is 5.75 Å². The normalized spacial score (nSPS) is 17.1. The van der Waals surface area contributed by atoms with Crippen LogP contribution in [0.3, 0.4) is 0 Å². The van der Waals surface area contributed by atoms with Gasteiger partial charge in [-0.3, -0.25) is 4.79 Å². The summed E-state index contributed by atoms with van der Waals surface area (Å²) in [6.45, 7) is 4.17. The molecule has 2 aromatic rings. The summed E-state index contributed by atoms with van der Waals surface area (Å²) in [7, 11) is -1.96. The van der Waals surface area contributed by atoms with Gasteiger partial charge >= 0.3 is 0 Å². The number of allylic oxidation sites excluding steroid dienone is 1. The number of methoxy groups -OCH3 is 1. The molecule has 0 radical (unpaired) electrons. The van der Waals surface area contributed by atoms with Gasteiger partial charge in [0.1, 0.15) is 5.75 Å². The molecule has 3 rings (SSSR count). The molecule has 0 unspecified atom stereocenters. The first-order valence-electron chi connectivity index (χ1n) is 8.61. The van der Waals surface area contributed by atoms with Crippen molar-refractivity contribution in [1.82, 2.24) is 5.32 Å². The standard InChI is InChI=1S/C21H23NO4S/c1-21(2)13-14-7-5-6-8-16(14)18(22-21)12-19(23)17-10-9-15(27(4,24)25)11-20(17)26-3/h5-12,22H,13H2,1-4H3. The Balaban J connectivity index is 2.04. The van der Waals surface area contributed by atoms with Gasteiger partial charge in [0.15, 0.2) is 15.6 Å². The zero-order valence-electron chi connectivity index (χ0n) is 15.9. The van der Waals surface area contributed by atoms with Crippen LogP contribution < -0.4 is 10.1 Å². The van der Waals surface area contributed by atoms with E-state index in [4.69, 9.17) is 4.74 Å². The van der Waals surface area contributed by atoms with Crippen molar-refractivity contribution in [2.45, 2.75) is 30.7 Å². The molecule has 0 spiro atoms. The molecule has 5 nitrogen and oxygen atoms in total. The van der Waals surface area contributed by atoms with Crippen LogP contribution in [-0.4, -0.2) is 33.1 Å². The maximum Gasteiger partial charge on any atom is 0.191 e. The number of nitrogens with one attached hydrogen (secondary N) is 1. The Morgan fingerprint density at radius 1 is 1.19 bits per heavy atom. The summed E-state index contributed by atoms with van der Waals surface area (Å²) in [6, 6.07) is 12.3. The maximum atomic E-state index is 12.9. The van der Waals surface area contributed by atoms with Crippen LogP contribution >= 0.6 is 0 Å². The first-order valence-corrected chi connectivity index (χ1v) is 10.5. The SMILES string of the molecule is COc1cc(S(C)(=O)=O)ccc1C(=O)C=C1NC(C)(C)Cc2ccccc21. The summed E-state index contributed by atoms with van der Waals surface area (Å²) in [5, 5.41) is 3.43. The van der Waals surface area contributed by atoms with Crippen LogP contribution in [-0.2, 0) is 16.3 Å². The Morgan fingerprint density at radius 2 is 1.89 bits per heavy atom. The molecule has 1 heterocycles. The van der Waals surface area contributed by atoms with Crippen LogP contribution in [0.5, 0.6) is 5.75 Å². The van der Waals surface area contributed by atoms with Crippen LogP contribution in [0.4, 0.5) is 0 Å². The molecule has 0 fully saturated rings. The molecular weight excluding hydrogens is 362 g/mol. The van der Waals surface area contributed by atoms with Crippen LogP contribution in [0.25, 0.3) is 5.70 Å². The van der Waals surface area contributed by atoms with Crippen molar-refractivity contribution in [2.75, 3.05) is 13.4 Å². The van der Waals surface area contributed by atoms with E-state index in [0.717, 1.165) is 23.9 Å². The lowest BCUT2D eigenvalue weighted by atomic mass is 9.85. The molecule has 2 aromatic carbocycles. The lowest BCUT2D eigenvalue weighted by molar-refractivity contribution is 0.104. The van der Waals surface area contributed by atoms with Crippen molar-refractivity contribution in [2.24, 2.45) is 0 Å². The number of sulfone groups is 1. The lowest BCUT2D eigenvalue weighted by Gasteiger charge is -2.35. The second-order valence-electron chi connectivity index (χ2n) is 7.40. The monoisotopic (exact) mass is 385 g/mol. The number of ketones is 1. The zero-order valence-corrected chi connectivity index (χ0v) is 16.7. The fraction of sp³-hybridized carbons (Fsp3) is 0.286. The number of hydrogen-bond acceptors (Lipinski definition) is 5. The maximum absolute atomic E-state index is 12.9. The Morgan fingerprint density at radius 3 is 2.56 bits per heavy atom. The summed E-state index contributed by atoms with van der Waals surface area (Å²) >= 11 is 0. The van der Waals surface area contributed by atoms with Crippen LogP contribution in [0.2, 0.25) is 0 Å². The van der Waals surface area contributed by atoms with Crippen LogP contribution in [0, 0.1) is 0 Å². The number of carbonyl (C=O) groups is 1. The van der Waals surface area contributed by atoms with E-state index in [0.29, 0.717) is 5.56 Å². The second-order valence-corrected chi connectivity index (χ2v) is 9.42. The quantitative estimate of drug-likeness (QED) is 0.646. The van der Waals surface area contributed by atoms with E-state index in [-0.39, 0.29) is 22.0 Å². The fourth-order valence-electron chi connectivity index (χ4n) is 3.32. The topological polar surface area (TPSA) is 72.5 Å². The third kappa shape index (κ3) is 4.06. The van der Waals surface area contributed by atoms with Gasteiger partial charge in [-0.15, -0.1) is 0 Å². The lowest BCUT2D eigenvalue weighted by Crippen LogP contribution is -2.43. The minimum Gasteiger partial charge on any atom is -0.496 e. The third-order valence-corrected chi connectivity index (χ3v) is 5.67. The first kappa shape index (κ1) is 19.2. The van der Waals surface area contributed by atoms with Gasteiger partial charge in [0.2, 0.25) is 0 Å². The highest BCUT2D eigenvalue weighted by Crippen LogP contribution is 2.30. The summed E-state index contributed by atoms with van der Waals surface area (Å²) in [5.41, 5.74) is 3.07. The molecule has 0 bridgehead atoms. The molecule has 142 valence electrons. The third-order valence-electron chi connectivity index (χ3n) is 4.56. The molecule has 0 atom stereocenters. The van der Waals surface area contributed by atoms with Gasteiger partial charge in [0.05, 0.1) is 17.6 Å². The highest BCUT2D eigenvalue weighted by molar-refractivity contribution is 7.90. The molecule has 0 saturated heterocycles. The van der Waals surface area contributed by atoms with E-state index in [9.17, 15) is 13.2 Å². The predicted molar refractivity (Wildman–Crippen MR) is 106 cm³/mol. The Bertz CT molecular complexity index is 1040. The number of carbonyl (C=O) groups excluding carboxylic acids is 1. The molecule has 6 heteroatoms. The number of benzene rings is 2. The van der Waals surface area contributed by atoms with Gasteiger partial charge in [0, 0.05) is 29.1 Å². The van der Waals surface area contributed by atoms with Crippen molar-refractivity contribution in [3.05, 3.63) is 65.2 Å². The highest BCUT2D eigenvalue weighted by Gasteiger charge is 2.28. The van der Waals surface area contributed by atoms with Gasteiger partial charge in [-0.2, -0.15) is 0 Å². The van der Waals surface area contributed by atoms with E-state index in [2.05, 4.69) is 25.2 Å². The van der Waals surface area contributed by atoms with Crippen LogP contribution in [0.15, 0.2) is 53.4 Å². The molecule has 1 aliphatic heterocycles. The van der Waals surface area contributed by atoms with E-state index in [1.54, 1.807) is 6.08 Å². The van der Waals surface area contributed by atoms with Gasteiger partial charge in [-0.05, 0) is 44.0 Å². The second kappa shape index (κ2) is 6.85. The Hall–Kier alpha value is -2.60. The predicted octanol–water partition coefficient (Wildman–Crippen LogP) is 3.25. The molecule has 0 saturated carbocycles. The average molecular weight is 385 g/mol. The number of ether oxygens (including phenoxy) is 1. The molecule has 0 aliphatic carbocycles. The minimum absolute atomic E-state index is 0.117. The average Bonchev–Trinajstić information content (AvgIpc) is 2.59. The summed E-state index contributed by atoms with van der Waals surface area (Å²) < 4.78 is 28.8. The summed E-state index contributed by atoms with van der Waals surface area (Å²) in [4.78, 5) is 13.0. The smallest absolute Gasteiger partial charge is 0.191 e. The zero-order chi connectivity index (χ0) is 19.8. The van der Waals surface area contributed by atoms with E-state index in [1.165, 1.54) is 30.9 Å². The van der Waals surface area contributed by atoms with Gasteiger partial charge in [0.25, 0.3) is 0 Å². The summed E-state index contributed by atoms with van der Waals surface area (Å²) in [6.07, 6.45) is 3.54. The van der Waals surface area contributed by atoms with E-state index >= 15 is 0 Å². The van der Waals surface area contributed by atoms with E-state index in [1.807, 2.05) is 18.2 Å². The molecular formula is C21H23NO4S. The van der Waals surface area contributed by atoms with Crippen molar-refractivity contribution < 1.29 is 17.9 Å². The van der Waals surface area contributed by atoms with Gasteiger partial charge in [-0.1, -0.05) is 24.3 Å². The van der Waals surface area contributed by atoms with Gasteiger partial charge < -0.3 is 10.1 Å². The number of fused-ring (bicyclic) bond motifs is 1. The minimum atomic E-state index is -3.38. The molecule has 27 heavy (non-hydrogen) atoms. The largest absolute Gasteiger partial charge is 0.496 e. The summed E-state index contributed by atoms with van der Waals surface area (Å²) in [5.74, 6) is -0.00923. The van der Waals surface area contributed by atoms with Crippen molar-refractivity contribution in [3.63, 3.8) is 0 Å². The Kier molecular flexibility index (Phi) is 4.86. The molecule has 1 N–H and O–H groups in total. The van der Waals surface area contributed by atoms with Crippen molar-refractivity contribution in [1.29, 1.82) is 0 Å². The Labute approximate surface area is 160 Å². The van der Waals surface area contributed by atoms with E-state index < -0.39 is 9.84 Å².